The Morgan fingerprint density at radius 3 is 2.40 bits per heavy atom. The number of nitrogens with zero attached hydrogens (tertiary/aromatic N) is 1. The van der Waals surface area contributed by atoms with Crippen molar-refractivity contribution in [1.82, 2.24) is 0 Å². The largest absolute Gasteiger partial charge is 0.443 e. The maximum Gasteiger partial charge on any atom is 0.434 e. The molecule has 0 bridgehead atoms. The number of hydrogen-bond acceptors (Lipinski definition) is 2. The van der Waals surface area contributed by atoms with Gasteiger partial charge in [-0.2, -0.15) is 4.99 Å². The monoisotopic (exact) mass is 287 g/mol. The fourth-order valence-corrected chi connectivity index (χ4v) is 1.77. The molecule has 0 fully saturated rings. The van der Waals surface area contributed by atoms with Crippen molar-refractivity contribution in [2.45, 2.75) is 13.5 Å². The van der Waals surface area contributed by atoms with Gasteiger partial charge < -0.3 is 4.74 Å². The summed E-state index contributed by atoms with van der Waals surface area (Å²) in [6.07, 6.45) is -0.596. The molecule has 0 unspecified atom stereocenters. The summed E-state index contributed by atoms with van der Waals surface area (Å²) < 4.78 is 5.09. The summed E-state index contributed by atoms with van der Waals surface area (Å²) in [7, 11) is 0. The number of halogens is 1. The van der Waals surface area contributed by atoms with Gasteiger partial charge in [0.15, 0.2) is 0 Å². The Labute approximate surface area is 122 Å². The quantitative estimate of drug-likeness (QED) is 0.780. The van der Waals surface area contributed by atoms with Crippen LogP contribution in [0.2, 0.25) is 5.02 Å². The van der Waals surface area contributed by atoms with Crippen molar-refractivity contribution in [3.05, 3.63) is 70.7 Å². The molecule has 2 aromatic carbocycles. The van der Waals surface area contributed by atoms with Crippen molar-refractivity contribution >= 4 is 23.4 Å². The molecule has 1 amide bonds. The standard InChI is InChI=1S/C16H14ClNO2/c1-12(14-7-9-15(17)10-8-14)18-16(19)20-11-13-5-3-2-4-6-13/h2-10H,11H2,1H3/b18-12+. The average molecular weight is 288 g/mol. The summed E-state index contributed by atoms with van der Waals surface area (Å²) in [5.74, 6) is 0. The Bertz CT molecular complexity index is 606. The van der Waals surface area contributed by atoms with E-state index in [1.165, 1.54) is 0 Å². The third-order valence-electron chi connectivity index (χ3n) is 2.73. The number of ether oxygens (including phenoxy) is 1. The molecule has 4 heteroatoms. The highest BCUT2D eigenvalue weighted by atomic mass is 35.5. The first kappa shape index (κ1) is 14.3. The highest BCUT2D eigenvalue weighted by Gasteiger charge is 2.04. The zero-order valence-electron chi connectivity index (χ0n) is 11.0. The van der Waals surface area contributed by atoms with Crippen molar-refractivity contribution < 1.29 is 9.53 Å². The Balaban J connectivity index is 1.96. The molecule has 0 radical (unpaired) electrons. The number of aliphatic imine (C=N–C) groups is 1. The van der Waals surface area contributed by atoms with Crippen molar-refractivity contribution in [1.29, 1.82) is 0 Å². The van der Waals surface area contributed by atoms with E-state index in [1.54, 1.807) is 19.1 Å². The highest BCUT2D eigenvalue weighted by Crippen LogP contribution is 2.10. The topological polar surface area (TPSA) is 38.7 Å². The lowest BCUT2D eigenvalue weighted by Gasteiger charge is -2.03. The van der Waals surface area contributed by atoms with Crippen LogP contribution in [0.4, 0.5) is 4.79 Å². The molecule has 0 aliphatic carbocycles. The maximum absolute atomic E-state index is 11.6. The van der Waals surface area contributed by atoms with E-state index in [9.17, 15) is 4.79 Å². The van der Waals surface area contributed by atoms with Crippen LogP contribution in [0.1, 0.15) is 18.1 Å². The number of carbonyl (C=O) groups excluding carboxylic acids is 1. The van der Waals surface area contributed by atoms with Crippen molar-refractivity contribution in [3.8, 4) is 0 Å². The van der Waals surface area contributed by atoms with Gasteiger partial charge >= 0.3 is 6.09 Å². The van der Waals surface area contributed by atoms with E-state index in [0.29, 0.717) is 10.7 Å². The van der Waals surface area contributed by atoms with E-state index >= 15 is 0 Å². The number of carbonyl (C=O) groups is 1. The van der Waals surface area contributed by atoms with Crippen LogP contribution in [0.15, 0.2) is 59.6 Å². The molecular weight excluding hydrogens is 274 g/mol. The molecule has 0 saturated heterocycles. The van der Waals surface area contributed by atoms with Gasteiger partial charge in [0.25, 0.3) is 0 Å². The molecule has 0 spiro atoms. The Morgan fingerprint density at radius 1 is 1.10 bits per heavy atom. The molecule has 0 aromatic heterocycles. The van der Waals surface area contributed by atoms with Gasteiger partial charge in [-0.15, -0.1) is 0 Å². The summed E-state index contributed by atoms with van der Waals surface area (Å²) in [4.78, 5) is 15.5. The fraction of sp³-hybridized carbons (Fsp3) is 0.125. The minimum absolute atomic E-state index is 0.219. The zero-order chi connectivity index (χ0) is 14.4. The van der Waals surface area contributed by atoms with E-state index in [1.807, 2.05) is 42.5 Å². The first-order valence-corrected chi connectivity index (χ1v) is 6.55. The van der Waals surface area contributed by atoms with E-state index < -0.39 is 6.09 Å². The predicted molar refractivity (Wildman–Crippen MR) is 80.3 cm³/mol. The van der Waals surface area contributed by atoms with E-state index in [-0.39, 0.29) is 6.61 Å². The smallest absolute Gasteiger partial charge is 0.434 e. The SMILES string of the molecule is C/C(=N\C(=O)OCc1ccccc1)c1ccc(Cl)cc1. The van der Waals surface area contributed by atoms with Gasteiger partial charge in [-0.3, -0.25) is 0 Å². The third kappa shape index (κ3) is 4.21. The lowest BCUT2D eigenvalue weighted by atomic mass is 10.1. The van der Waals surface area contributed by atoms with Crippen LogP contribution >= 0.6 is 11.6 Å². The van der Waals surface area contributed by atoms with E-state index in [0.717, 1.165) is 11.1 Å². The van der Waals surface area contributed by atoms with Gasteiger partial charge in [0.05, 0.1) is 5.71 Å². The Hall–Kier alpha value is -2.13. The molecule has 0 N–H and O–H groups in total. The van der Waals surface area contributed by atoms with Crippen LogP contribution in [0.3, 0.4) is 0 Å². The molecule has 0 aliphatic heterocycles. The second-order valence-corrected chi connectivity index (χ2v) is 4.68. The van der Waals surface area contributed by atoms with Crippen LogP contribution in [-0.4, -0.2) is 11.8 Å². The highest BCUT2D eigenvalue weighted by molar-refractivity contribution is 6.30. The normalized spacial score (nSPS) is 11.2. The van der Waals surface area contributed by atoms with Crippen LogP contribution in [0.25, 0.3) is 0 Å². The maximum atomic E-state index is 11.6. The first-order chi connectivity index (χ1) is 9.65. The first-order valence-electron chi connectivity index (χ1n) is 6.17. The van der Waals surface area contributed by atoms with Gasteiger partial charge in [0.1, 0.15) is 6.61 Å². The number of benzene rings is 2. The molecule has 3 nitrogen and oxygen atoms in total. The second-order valence-electron chi connectivity index (χ2n) is 4.24. The molecule has 0 saturated carbocycles. The summed E-state index contributed by atoms with van der Waals surface area (Å²) in [6, 6.07) is 16.6. The molecule has 2 aromatic rings. The van der Waals surface area contributed by atoms with Crippen LogP contribution in [0.5, 0.6) is 0 Å². The number of rotatable bonds is 3. The van der Waals surface area contributed by atoms with Gasteiger partial charge in [-0.1, -0.05) is 54.1 Å². The summed E-state index contributed by atoms with van der Waals surface area (Å²) >= 11 is 5.81. The predicted octanol–water partition coefficient (Wildman–Crippen LogP) is 4.49. The molecule has 2 rings (SSSR count). The van der Waals surface area contributed by atoms with Gasteiger partial charge in [-0.25, -0.2) is 4.79 Å². The van der Waals surface area contributed by atoms with Crippen molar-refractivity contribution in [2.24, 2.45) is 4.99 Å². The minimum atomic E-state index is -0.596. The molecule has 0 atom stereocenters. The second kappa shape index (κ2) is 6.87. The van der Waals surface area contributed by atoms with Crippen molar-refractivity contribution in [2.75, 3.05) is 0 Å². The molecule has 0 heterocycles. The Morgan fingerprint density at radius 2 is 1.75 bits per heavy atom. The van der Waals surface area contributed by atoms with Gasteiger partial charge in [-0.05, 0) is 30.2 Å². The molecule has 0 aliphatic rings. The van der Waals surface area contributed by atoms with Crippen LogP contribution < -0.4 is 0 Å². The number of amides is 1. The summed E-state index contributed by atoms with van der Waals surface area (Å²) in [5, 5.41) is 0.646. The van der Waals surface area contributed by atoms with Gasteiger partial charge in [0.2, 0.25) is 0 Å². The average Bonchev–Trinajstić information content (AvgIpc) is 2.47. The molecule has 20 heavy (non-hydrogen) atoms. The molecular formula is C16H14ClNO2. The zero-order valence-corrected chi connectivity index (χ0v) is 11.8. The molecule has 102 valence electrons. The van der Waals surface area contributed by atoms with Crippen LogP contribution in [0, 0.1) is 0 Å². The van der Waals surface area contributed by atoms with Crippen molar-refractivity contribution in [3.63, 3.8) is 0 Å². The number of hydrogen-bond donors (Lipinski definition) is 0. The van der Waals surface area contributed by atoms with E-state index in [4.69, 9.17) is 16.3 Å². The lowest BCUT2D eigenvalue weighted by Crippen LogP contribution is -2.04. The van der Waals surface area contributed by atoms with Crippen LogP contribution in [-0.2, 0) is 11.3 Å². The third-order valence-corrected chi connectivity index (χ3v) is 2.98. The van der Waals surface area contributed by atoms with E-state index in [2.05, 4.69) is 4.99 Å². The fourth-order valence-electron chi connectivity index (χ4n) is 1.64. The summed E-state index contributed by atoms with van der Waals surface area (Å²) in [5.41, 5.74) is 2.37. The minimum Gasteiger partial charge on any atom is -0.443 e. The summed E-state index contributed by atoms with van der Waals surface area (Å²) in [6.45, 7) is 1.98. The lowest BCUT2D eigenvalue weighted by molar-refractivity contribution is 0.151. The Kier molecular flexibility index (Phi) is 4.91. The van der Waals surface area contributed by atoms with Gasteiger partial charge in [0, 0.05) is 5.02 Å².